The van der Waals surface area contributed by atoms with Crippen LogP contribution in [0.3, 0.4) is 0 Å². The van der Waals surface area contributed by atoms with Gasteiger partial charge in [-0.2, -0.15) is 0 Å². The van der Waals surface area contributed by atoms with E-state index >= 15 is 0 Å². The summed E-state index contributed by atoms with van der Waals surface area (Å²) in [6.45, 7) is 5.08. The fourth-order valence-electron chi connectivity index (χ4n) is 1.61. The third-order valence-electron chi connectivity index (χ3n) is 2.42. The lowest BCUT2D eigenvalue weighted by molar-refractivity contribution is 0.551. The highest BCUT2D eigenvalue weighted by molar-refractivity contribution is 7.99. The number of aromatic nitrogens is 2. The molecule has 3 N–H and O–H groups in total. The lowest BCUT2D eigenvalue weighted by Gasteiger charge is -2.18. The van der Waals surface area contributed by atoms with Gasteiger partial charge in [0.2, 0.25) is 0 Å². The van der Waals surface area contributed by atoms with Gasteiger partial charge < -0.3 is 15.2 Å². The largest absolute Gasteiger partial charge is 0.359 e. The van der Waals surface area contributed by atoms with E-state index in [0.717, 1.165) is 23.9 Å². The quantitative estimate of drug-likeness (QED) is 0.443. The molecule has 2 heterocycles. The molecule has 5 nitrogen and oxygen atoms in total. The predicted molar refractivity (Wildman–Crippen MR) is 77.8 cm³/mol. The SMILES string of the molecule is C=CCNC(=S)Nc1cc(=N)n2c(n1)SCCC2. The van der Waals surface area contributed by atoms with Gasteiger partial charge in [-0.15, -0.1) is 6.58 Å². The maximum Gasteiger partial charge on any atom is 0.172 e. The van der Waals surface area contributed by atoms with Gasteiger partial charge in [-0.1, -0.05) is 17.8 Å². The van der Waals surface area contributed by atoms with Gasteiger partial charge >= 0.3 is 0 Å². The highest BCUT2D eigenvalue weighted by Gasteiger charge is 2.12. The zero-order valence-corrected chi connectivity index (χ0v) is 11.5. The van der Waals surface area contributed by atoms with Crippen molar-refractivity contribution in [2.24, 2.45) is 0 Å². The van der Waals surface area contributed by atoms with Crippen molar-refractivity contribution in [3.63, 3.8) is 0 Å². The third-order valence-corrected chi connectivity index (χ3v) is 3.73. The van der Waals surface area contributed by atoms with Gasteiger partial charge in [0.15, 0.2) is 10.3 Å². The molecule has 1 aromatic heterocycles. The molecule has 0 unspecified atom stereocenters. The number of rotatable bonds is 3. The maximum absolute atomic E-state index is 7.96. The number of hydrogen-bond donors (Lipinski definition) is 3. The van der Waals surface area contributed by atoms with E-state index in [1.165, 1.54) is 0 Å². The van der Waals surface area contributed by atoms with Crippen LogP contribution in [0, 0.1) is 5.41 Å². The van der Waals surface area contributed by atoms with Crippen LogP contribution < -0.4 is 16.1 Å². The lowest BCUT2D eigenvalue weighted by Crippen LogP contribution is -2.31. The minimum Gasteiger partial charge on any atom is -0.359 e. The normalized spacial score (nSPS) is 13.6. The molecule has 96 valence electrons. The Morgan fingerprint density at radius 1 is 1.72 bits per heavy atom. The molecule has 0 spiro atoms. The first kappa shape index (κ1) is 13.1. The Morgan fingerprint density at radius 2 is 2.56 bits per heavy atom. The summed E-state index contributed by atoms with van der Waals surface area (Å²) in [5.74, 6) is 1.66. The zero-order valence-electron chi connectivity index (χ0n) is 9.90. The maximum atomic E-state index is 7.96. The summed E-state index contributed by atoms with van der Waals surface area (Å²) in [7, 11) is 0. The standard InChI is InChI=1S/C11H15N5S2/c1-2-4-13-10(17)14-9-7-8(12)16-5-3-6-18-11(16)15-9/h2,7,12H,1,3-6H2,(H2,13,14,17). The topological polar surface area (TPSA) is 65.7 Å². The Kier molecular flexibility index (Phi) is 4.38. The third kappa shape index (κ3) is 3.11. The first-order valence-corrected chi connectivity index (χ1v) is 7.05. The molecule has 0 atom stereocenters. The molecule has 0 fully saturated rings. The van der Waals surface area contributed by atoms with Crippen molar-refractivity contribution in [3.8, 4) is 0 Å². The number of thiocarbonyl (C=S) groups is 1. The van der Waals surface area contributed by atoms with E-state index in [1.807, 2.05) is 4.57 Å². The van der Waals surface area contributed by atoms with Crippen LogP contribution in [0.25, 0.3) is 0 Å². The fourth-order valence-corrected chi connectivity index (χ4v) is 2.76. The van der Waals surface area contributed by atoms with Crippen molar-refractivity contribution in [1.29, 1.82) is 5.41 Å². The van der Waals surface area contributed by atoms with E-state index in [9.17, 15) is 0 Å². The lowest BCUT2D eigenvalue weighted by atomic mass is 10.4. The van der Waals surface area contributed by atoms with Gasteiger partial charge in [-0.05, 0) is 18.6 Å². The second kappa shape index (κ2) is 6.01. The number of hydrogen-bond acceptors (Lipinski definition) is 4. The van der Waals surface area contributed by atoms with E-state index < -0.39 is 0 Å². The molecule has 0 bridgehead atoms. The summed E-state index contributed by atoms with van der Waals surface area (Å²) >= 11 is 6.79. The van der Waals surface area contributed by atoms with E-state index in [0.29, 0.717) is 23.0 Å². The molecule has 0 saturated carbocycles. The van der Waals surface area contributed by atoms with Crippen LogP contribution >= 0.6 is 24.0 Å². The molecular weight excluding hydrogens is 266 g/mol. The Balaban J connectivity index is 2.14. The summed E-state index contributed by atoms with van der Waals surface area (Å²) in [6.07, 6.45) is 2.82. The molecule has 1 aromatic rings. The first-order chi connectivity index (χ1) is 8.70. The zero-order chi connectivity index (χ0) is 13.0. The molecule has 1 aliphatic heterocycles. The predicted octanol–water partition coefficient (Wildman–Crippen LogP) is 1.33. The van der Waals surface area contributed by atoms with Crippen molar-refractivity contribution >= 4 is 34.9 Å². The molecule has 0 aromatic carbocycles. The monoisotopic (exact) mass is 281 g/mol. The highest BCUT2D eigenvalue weighted by atomic mass is 32.2. The Morgan fingerprint density at radius 3 is 3.33 bits per heavy atom. The molecule has 7 heteroatoms. The van der Waals surface area contributed by atoms with E-state index in [2.05, 4.69) is 22.2 Å². The average molecular weight is 281 g/mol. The molecule has 0 radical (unpaired) electrons. The van der Waals surface area contributed by atoms with Crippen LogP contribution in [0.4, 0.5) is 5.82 Å². The molecule has 18 heavy (non-hydrogen) atoms. The smallest absolute Gasteiger partial charge is 0.172 e. The van der Waals surface area contributed by atoms with Crippen LogP contribution in [0.15, 0.2) is 23.9 Å². The minimum atomic E-state index is 0.459. The van der Waals surface area contributed by atoms with Gasteiger partial charge in [0.05, 0.1) is 0 Å². The summed E-state index contributed by atoms with van der Waals surface area (Å²) in [4.78, 5) is 4.46. The fraction of sp³-hybridized carbons (Fsp3) is 0.364. The van der Waals surface area contributed by atoms with Crippen molar-refractivity contribution in [3.05, 3.63) is 24.2 Å². The number of thioether (sulfide) groups is 1. The summed E-state index contributed by atoms with van der Waals surface area (Å²) < 4.78 is 1.92. The van der Waals surface area contributed by atoms with Gasteiger partial charge in [0, 0.05) is 24.9 Å². The van der Waals surface area contributed by atoms with Gasteiger partial charge in [-0.25, -0.2) is 4.98 Å². The number of nitrogens with zero attached hydrogens (tertiary/aromatic N) is 2. The van der Waals surface area contributed by atoms with Crippen molar-refractivity contribution < 1.29 is 0 Å². The summed E-state index contributed by atoms with van der Waals surface area (Å²) in [6, 6.07) is 1.69. The number of anilines is 1. The molecule has 0 aliphatic carbocycles. The van der Waals surface area contributed by atoms with E-state index in [-0.39, 0.29) is 0 Å². The van der Waals surface area contributed by atoms with Crippen molar-refractivity contribution in [2.45, 2.75) is 18.1 Å². The second-order valence-corrected chi connectivity index (χ2v) is 5.26. The summed E-state index contributed by atoms with van der Waals surface area (Å²) in [5, 5.41) is 15.3. The summed E-state index contributed by atoms with van der Waals surface area (Å²) in [5.41, 5.74) is 0.459. The molecule has 0 amide bonds. The molecule has 0 saturated heterocycles. The van der Waals surface area contributed by atoms with Crippen LogP contribution in [0.2, 0.25) is 0 Å². The average Bonchev–Trinajstić information content (AvgIpc) is 2.36. The molecule has 1 aliphatic rings. The van der Waals surface area contributed by atoms with Crippen LogP contribution in [0.5, 0.6) is 0 Å². The Labute approximate surface area is 115 Å². The Bertz CT molecular complexity index is 523. The van der Waals surface area contributed by atoms with Crippen LogP contribution in [-0.2, 0) is 6.54 Å². The number of nitrogens with one attached hydrogen (secondary N) is 3. The first-order valence-electron chi connectivity index (χ1n) is 5.65. The van der Waals surface area contributed by atoms with Crippen molar-refractivity contribution in [2.75, 3.05) is 17.6 Å². The van der Waals surface area contributed by atoms with Gasteiger partial charge in [0.25, 0.3) is 0 Å². The molecular formula is C11H15N5S2. The second-order valence-electron chi connectivity index (χ2n) is 3.79. The van der Waals surface area contributed by atoms with Gasteiger partial charge in [0.1, 0.15) is 11.3 Å². The Hall–Kier alpha value is -1.34. The van der Waals surface area contributed by atoms with E-state index in [4.69, 9.17) is 17.6 Å². The number of fused-ring (bicyclic) bond motifs is 1. The van der Waals surface area contributed by atoms with Crippen molar-refractivity contribution in [1.82, 2.24) is 14.9 Å². The van der Waals surface area contributed by atoms with Crippen LogP contribution in [-0.4, -0.2) is 27.0 Å². The highest BCUT2D eigenvalue weighted by Crippen LogP contribution is 2.21. The molecule has 2 rings (SSSR count). The minimum absolute atomic E-state index is 0.459. The van der Waals surface area contributed by atoms with Crippen LogP contribution in [0.1, 0.15) is 6.42 Å². The van der Waals surface area contributed by atoms with Gasteiger partial charge in [-0.3, -0.25) is 5.41 Å². The van der Waals surface area contributed by atoms with E-state index in [1.54, 1.807) is 23.9 Å².